The number of nitrogens with one attached hydrogen (secondary N) is 4. The highest BCUT2D eigenvalue weighted by Gasteiger charge is 2.14. The Morgan fingerprint density at radius 1 is 0.964 bits per heavy atom. The number of aromatic nitrogens is 1. The summed E-state index contributed by atoms with van der Waals surface area (Å²) in [6.07, 6.45) is 1.75. The third-order valence-corrected chi connectivity index (χ3v) is 3.95. The molecule has 9 heteroatoms. The molecule has 3 rings (SSSR count). The zero-order chi connectivity index (χ0) is 20.1. The Morgan fingerprint density at radius 2 is 1.71 bits per heavy atom. The van der Waals surface area contributed by atoms with Crippen LogP contribution in [-0.2, 0) is 16.0 Å². The third-order valence-electron chi connectivity index (χ3n) is 3.95. The van der Waals surface area contributed by atoms with E-state index in [-0.39, 0.29) is 6.42 Å². The number of hydrogen-bond acceptors (Lipinski definition) is 3. The fourth-order valence-corrected chi connectivity index (χ4v) is 2.61. The van der Waals surface area contributed by atoms with E-state index in [1.165, 1.54) is 0 Å². The summed E-state index contributed by atoms with van der Waals surface area (Å²) in [6, 6.07) is 9.95. The number of hydrogen-bond donors (Lipinski definition) is 4. The van der Waals surface area contributed by atoms with E-state index >= 15 is 0 Å². The van der Waals surface area contributed by atoms with Crippen molar-refractivity contribution in [3.05, 3.63) is 71.4 Å². The number of carbonyl (C=O) groups is 3. The monoisotopic (exact) mass is 386 g/mol. The summed E-state index contributed by atoms with van der Waals surface area (Å²) in [6.45, 7) is -0.497. The fraction of sp³-hybridized carbons (Fsp3) is 0.105. The normalized spacial score (nSPS) is 10.5. The van der Waals surface area contributed by atoms with Gasteiger partial charge in [0.25, 0.3) is 11.8 Å². The van der Waals surface area contributed by atoms with Crippen molar-refractivity contribution >= 4 is 28.6 Å². The van der Waals surface area contributed by atoms with Gasteiger partial charge in [0.1, 0.15) is 11.6 Å². The molecule has 0 aliphatic rings. The fourth-order valence-electron chi connectivity index (χ4n) is 2.61. The van der Waals surface area contributed by atoms with E-state index in [1.54, 1.807) is 6.20 Å². The average Bonchev–Trinajstić information content (AvgIpc) is 3.07. The maximum Gasteiger partial charge on any atom is 0.257 e. The van der Waals surface area contributed by atoms with Crippen LogP contribution in [0.4, 0.5) is 8.78 Å². The third kappa shape index (κ3) is 4.50. The first-order valence-corrected chi connectivity index (χ1v) is 8.30. The predicted molar refractivity (Wildman–Crippen MR) is 97.0 cm³/mol. The van der Waals surface area contributed by atoms with Gasteiger partial charge in [-0.2, -0.15) is 0 Å². The first kappa shape index (κ1) is 19.0. The first-order valence-electron chi connectivity index (χ1n) is 8.30. The van der Waals surface area contributed by atoms with E-state index in [0.29, 0.717) is 6.07 Å². The molecule has 0 saturated carbocycles. The Balaban J connectivity index is 1.46. The van der Waals surface area contributed by atoms with Crippen molar-refractivity contribution in [1.29, 1.82) is 0 Å². The van der Waals surface area contributed by atoms with Crippen LogP contribution in [0.3, 0.4) is 0 Å². The van der Waals surface area contributed by atoms with Crippen LogP contribution in [0.25, 0.3) is 10.9 Å². The van der Waals surface area contributed by atoms with Crippen molar-refractivity contribution in [2.45, 2.75) is 6.42 Å². The number of H-pyrrole nitrogens is 1. The van der Waals surface area contributed by atoms with Crippen molar-refractivity contribution in [3.63, 3.8) is 0 Å². The standard InChI is InChI=1S/C19H16F2N4O3/c20-12-5-6-14(15(21)8-12)19(28)23-10-18(27)25-24-17(26)7-11-9-22-16-4-2-1-3-13(11)16/h1-6,8-9,22H,7,10H2,(H,23,28)(H,24,26)(H,25,27). The highest BCUT2D eigenvalue weighted by molar-refractivity contribution is 5.97. The molecule has 2 aromatic carbocycles. The molecule has 3 aromatic rings. The minimum Gasteiger partial charge on any atom is -0.361 e. The lowest BCUT2D eigenvalue weighted by atomic mass is 10.1. The van der Waals surface area contributed by atoms with Crippen LogP contribution in [0.1, 0.15) is 15.9 Å². The van der Waals surface area contributed by atoms with Gasteiger partial charge >= 0.3 is 0 Å². The first-order chi connectivity index (χ1) is 13.4. The van der Waals surface area contributed by atoms with Gasteiger partial charge in [0.05, 0.1) is 18.5 Å². The molecule has 7 nitrogen and oxygen atoms in total. The second-order valence-electron chi connectivity index (χ2n) is 5.94. The molecule has 0 unspecified atom stereocenters. The number of aromatic amines is 1. The van der Waals surface area contributed by atoms with Crippen molar-refractivity contribution in [1.82, 2.24) is 21.2 Å². The molecule has 144 valence electrons. The summed E-state index contributed by atoms with van der Waals surface area (Å²) in [5, 5.41) is 3.08. The summed E-state index contributed by atoms with van der Waals surface area (Å²) in [7, 11) is 0. The number of fused-ring (bicyclic) bond motifs is 1. The van der Waals surface area contributed by atoms with Crippen molar-refractivity contribution in [3.8, 4) is 0 Å². The van der Waals surface area contributed by atoms with Gasteiger partial charge in [-0.1, -0.05) is 18.2 Å². The molecule has 1 aromatic heterocycles. The molecule has 0 bridgehead atoms. The number of carbonyl (C=O) groups excluding carboxylic acids is 3. The Labute approximate surface area is 158 Å². The molecule has 0 radical (unpaired) electrons. The van der Waals surface area contributed by atoms with Gasteiger partial charge in [-0.3, -0.25) is 25.2 Å². The van der Waals surface area contributed by atoms with Crippen LogP contribution < -0.4 is 16.2 Å². The zero-order valence-corrected chi connectivity index (χ0v) is 14.5. The lowest BCUT2D eigenvalue weighted by molar-refractivity contribution is -0.128. The van der Waals surface area contributed by atoms with E-state index in [4.69, 9.17) is 0 Å². The maximum absolute atomic E-state index is 13.5. The van der Waals surface area contributed by atoms with Crippen LogP contribution >= 0.6 is 0 Å². The van der Waals surface area contributed by atoms with E-state index < -0.39 is 41.5 Å². The number of hydrazine groups is 1. The summed E-state index contributed by atoms with van der Waals surface area (Å²) in [4.78, 5) is 38.6. The lowest BCUT2D eigenvalue weighted by Crippen LogP contribution is -2.46. The highest BCUT2D eigenvalue weighted by atomic mass is 19.1. The highest BCUT2D eigenvalue weighted by Crippen LogP contribution is 2.17. The van der Waals surface area contributed by atoms with Gasteiger partial charge in [-0.15, -0.1) is 0 Å². The van der Waals surface area contributed by atoms with Crippen molar-refractivity contribution in [2.75, 3.05) is 6.54 Å². The Morgan fingerprint density at radius 3 is 2.50 bits per heavy atom. The largest absolute Gasteiger partial charge is 0.361 e. The SMILES string of the molecule is O=C(CNC(=O)c1ccc(F)cc1F)NNC(=O)Cc1c[nH]c2ccccc12. The van der Waals surface area contributed by atoms with Crippen LogP contribution in [0, 0.1) is 11.6 Å². The minimum atomic E-state index is -1.04. The molecule has 0 saturated heterocycles. The smallest absolute Gasteiger partial charge is 0.257 e. The van der Waals surface area contributed by atoms with Gasteiger partial charge in [-0.25, -0.2) is 8.78 Å². The number of halogens is 2. The maximum atomic E-state index is 13.5. The molecule has 0 fully saturated rings. The molecule has 0 atom stereocenters. The quantitative estimate of drug-likeness (QED) is 0.501. The summed E-state index contributed by atoms with van der Waals surface area (Å²) < 4.78 is 26.4. The lowest BCUT2D eigenvalue weighted by Gasteiger charge is -2.09. The minimum absolute atomic E-state index is 0.0391. The number of para-hydroxylation sites is 1. The zero-order valence-electron chi connectivity index (χ0n) is 14.5. The number of amides is 3. The van der Waals surface area contributed by atoms with Gasteiger partial charge in [-0.05, 0) is 23.8 Å². The topological polar surface area (TPSA) is 103 Å². The second-order valence-corrected chi connectivity index (χ2v) is 5.94. The summed E-state index contributed by atoms with van der Waals surface area (Å²) in [5.74, 6) is -3.88. The molecule has 0 aliphatic carbocycles. The number of benzene rings is 2. The Kier molecular flexibility index (Phi) is 5.64. The van der Waals surface area contributed by atoms with Gasteiger partial charge < -0.3 is 10.3 Å². The van der Waals surface area contributed by atoms with E-state index in [2.05, 4.69) is 21.2 Å². The van der Waals surface area contributed by atoms with Gasteiger partial charge in [0.15, 0.2) is 0 Å². The van der Waals surface area contributed by atoms with Gasteiger partial charge in [0.2, 0.25) is 5.91 Å². The van der Waals surface area contributed by atoms with Crippen molar-refractivity contribution in [2.24, 2.45) is 0 Å². The van der Waals surface area contributed by atoms with E-state index in [1.807, 2.05) is 24.3 Å². The average molecular weight is 386 g/mol. The van der Waals surface area contributed by atoms with Crippen LogP contribution in [0.15, 0.2) is 48.7 Å². The van der Waals surface area contributed by atoms with Crippen LogP contribution in [0.5, 0.6) is 0 Å². The molecule has 4 N–H and O–H groups in total. The Bertz CT molecular complexity index is 1050. The van der Waals surface area contributed by atoms with Crippen LogP contribution in [0.2, 0.25) is 0 Å². The number of rotatable bonds is 5. The molecule has 0 spiro atoms. The molecule has 1 heterocycles. The van der Waals surface area contributed by atoms with Crippen molar-refractivity contribution < 1.29 is 23.2 Å². The van der Waals surface area contributed by atoms with E-state index in [9.17, 15) is 23.2 Å². The second kappa shape index (κ2) is 8.30. The molecular weight excluding hydrogens is 370 g/mol. The molecule has 0 aliphatic heterocycles. The summed E-state index contributed by atoms with van der Waals surface area (Å²) in [5.41, 5.74) is 5.67. The Hall–Kier alpha value is -3.75. The van der Waals surface area contributed by atoms with Crippen LogP contribution in [-0.4, -0.2) is 29.3 Å². The summed E-state index contributed by atoms with van der Waals surface area (Å²) >= 11 is 0. The molecular formula is C19H16F2N4O3. The van der Waals surface area contributed by atoms with E-state index in [0.717, 1.165) is 28.6 Å². The van der Waals surface area contributed by atoms with Gasteiger partial charge in [0, 0.05) is 23.2 Å². The predicted octanol–water partition coefficient (Wildman–Crippen LogP) is 1.57. The molecule has 28 heavy (non-hydrogen) atoms. The molecule has 3 amide bonds.